The van der Waals surface area contributed by atoms with Crippen molar-refractivity contribution in [2.45, 2.75) is 18.0 Å². The Morgan fingerprint density at radius 3 is 3.00 bits per heavy atom. The summed E-state index contributed by atoms with van der Waals surface area (Å²) in [6.07, 6.45) is 4.91. The van der Waals surface area contributed by atoms with Gasteiger partial charge >= 0.3 is 5.97 Å². The molecule has 0 aromatic carbocycles. The molecule has 0 radical (unpaired) electrons. The van der Waals surface area contributed by atoms with Crippen molar-refractivity contribution in [3.8, 4) is 0 Å². The summed E-state index contributed by atoms with van der Waals surface area (Å²) in [7, 11) is 3.17. The Hall–Kier alpha value is -2.95. The van der Waals surface area contributed by atoms with E-state index in [4.69, 9.17) is 0 Å². The third-order valence-corrected chi connectivity index (χ3v) is 4.13. The summed E-state index contributed by atoms with van der Waals surface area (Å²) < 4.78 is 9.56. The number of aromatic nitrogens is 7. The van der Waals surface area contributed by atoms with Crippen molar-refractivity contribution < 1.29 is 9.53 Å². The van der Waals surface area contributed by atoms with Crippen LogP contribution in [0.25, 0.3) is 0 Å². The van der Waals surface area contributed by atoms with Crippen molar-refractivity contribution in [2.24, 2.45) is 12.1 Å². The second-order valence-electron chi connectivity index (χ2n) is 5.04. The zero-order valence-corrected chi connectivity index (χ0v) is 14.7. The van der Waals surface area contributed by atoms with Gasteiger partial charge in [-0.25, -0.2) is 4.79 Å². The first kappa shape index (κ1) is 16.9. The minimum atomic E-state index is -0.469. The van der Waals surface area contributed by atoms with Gasteiger partial charge in [-0.3, -0.25) is 9.36 Å². The average molecular weight is 360 g/mol. The lowest BCUT2D eigenvalue weighted by atomic mass is 10.4. The molecule has 0 saturated carbocycles. The summed E-state index contributed by atoms with van der Waals surface area (Å²) in [4.78, 5) is 11.4. The Morgan fingerprint density at radius 1 is 1.44 bits per heavy atom. The first-order chi connectivity index (χ1) is 12.1. The van der Waals surface area contributed by atoms with E-state index in [2.05, 4.69) is 30.2 Å². The molecule has 3 aromatic rings. The van der Waals surface area contributed by atoms with Crippen LogP contribution in [0.1, 0.15) is 21.9 Å². The van der Waals surface area contributed by atoms with Gasteiger partial charge in [0.2, 0.25) is 5.16 Å². The molecule has 10 nitrogen and oxygen atoms in total. The van der Waals surface area contributed by atoms with Crippen molar-refractivity contribution in [1.82, 2.24) is 34.4 Å². The first-order valence-electron chi connectivity index (χ1n) is 7.26. The molecule has 0 amide bonds. The van der Waals surface area contributed by atoms with Crippen LogP contribution in [0.2, 0.25) is 0 Å². The predicted molar refractivity (Wildman–Crippen MR) is 90.4 cm³/mol. The second-order valence-corrected chi connectivity index (χ2v) is 5.95. The molecule has 0 atom stereocenters. The summed E-state index contributed by atoms with van der Waals surface area (Å²) in [6, 6.07) is 3.53. The van der Waals surface area contributed by atoms with E-state index in [0.29, 0.717) is 11.0 Å². The maximum Gasteiger partial charge on any atom is 0.358 e. The molecule has 0 aliphatic rings. The lowest BCUT2D eigenvalue weighted by Gasteiger charge is -2.01. The van der Waals surface area contributed by atoms with Crippen molar-refractivity contribution >= 4 is 23.9 Å². The Morgan fingerprint density at radius 2 is 2.28 bits per heavy atom. The van der Waals surface area contributed by atoms with Crippen molar-refractivity contribution in [2.75, 3.05) is 7.11 Å². The molecule has 3 heterocycles. The molecular formula is C14H16N8O2S. The normalized spacial score (nSPS) is 11.3. The molecule has 0 spiro atoms. The van der Waals surface area contributed by atoms with E-state index >= 15 is 0 Å². The molecule has 11 heteroatoms. The molecule has 0 unspecified atom stereocenters. The highest BCUT2D eigenvalue weighted by Gasteiger charge is 2.10. The topological polar surface area (TPSA) is 105 Å². The second kappa shape index (κ2) is 7.30. The van der Waals surface area contributed by atoms with Crippen molar-refractivity contribution in [3.63, 3.8) is 0 Å². The van der Waals surface area contributed by atoms with Crippen LogP contribution in [0.4, 0.5) is 0 Å². The van der Waals surface area contributed by atoms with Crippen LogP contribution in [-0.2, 0) is 17.7 Å². The summed E-state index contributed by atoms with van der Waals surface area (Å²) in [5.74, 6) is -0.0151. The number of rotatable bonds is 6. The molecular weight excluding hydrogens is 344 g/mol. The van der Waals surface area contributed by atoms with Gasteiger partial charge in [-0.1, -0.05) is 11.8 Å². The lowest BCUT2D eigenvalue weighted by molar-refractivity contribution is 0.0593. The zero-order chi connectivity index (χ0) is 17.8. The fraction of sp³-hybridized carbons (Fsp3) is 0.286. The minimum absolute atomic E-state index is 0.258. The van der Waals surface area contributed by atoms with E-state index < -0.39 is 5.97 Å². The van der Waals surface area contributed by atoms with Gasteiger partial charge in [-0.05, 0) is 19.1 Å². The number of thioether (sulfide) groups is 1. The first-order valence-corrected chi connectivity index (χ1v) is 8.25. The van der Waals surface area contributed by atoms with E-state index in [0.717, 1.165) is 11.4 Å². The number of hydrogen-bond acceptors (Lipinski definition) is 8. The maximum absolute atomic E-state index is 11.4. The molecule has 0 saturated heterocycles. The summed E-state index contributed by atoms with van der Waals surface area (Å²) in [5.41, 5.74) is 2.05. The fourth-order valence-corrected chi connectivity index (χ4v) is 2.76. The van der Waals surface area contributed by atoms with Crippen LogP contribution in [0, 0.1) is 6.92 Å². The van der Waals surface area contributed by atoms with E-state index in [1.165, 1.54) is 25.2 Å². The number of esters is 1. The van der Waals surface area contributed by atoms with Gasteiger partial charge in [0, 0.05) is 13.2 Å². The highest BCUT2D eigenvalue weighted by molar-refractivity contribution is 7.98. The van der Waals surface area contributed by atoms with Crippen LogP contribution >= 0.6 is 11.8 Å². The Kier molecular flexibility index (Phi) is 4.93. The van der Waals surface area contributed by atoms with Gasteiger partial charge in [-0.15, -0.1) is 10.2 Å². The van der Waals surface area contributed by atoms with Crippen LogP contribution in [-0.4, -0.2) is 53.7 Å². The molecule has 3 rings (SSSR count). The molecule has 0 bridgehead atoms. The molecule has 130 valence electrons. The highest BCUT2D eigenvalue weighted by Crippen LogP contribution is 2.17. The van der Waals surface area contributed by atoms with Gasteiger partial charge in [0.15, 0.2) is 5.69 Å². The van der Waals surface area contributed by atoms with Crippen LogP contribution in [0.3, 0.4) is 0 Å². The van der Waals surface area contributed by atoms with Crippen molar-refractivity contribution in [1.29, 1.82) is 0 Å². The number of methoxy groups -OCH3 is 1. The van der Waals surface area contributed by atoms with Gasteiger partial charge in [0.1, 0.15) is 6.33 Å². The lowest BCUT2D eigenvalue weighted by Crippen LogP contribution is -2.04. The molecule has 0 fully saturated rings. The quantitative estimate of drug-likeness (QED) is 0.366. The molecule has 0 aliphatic carbocycles. The van der Waals surface area contributed by atoms with Gasteiger partial charge in [0.25, 0.3) is 0 Å². The van der Waals surface area contributed by atoms with E-state index in [-0.39, 0.29) is 5.69 Å². The fourth-order valence-electron chi connectivity index (χ4n) is 2.04. The summed E-state index contributed by atoms with van der Waals surface area (Å²) in [6.45, 7) is 1.92. The van der Waals surface area contributed by atoms with Crippen LogP contribution in [0.5, 0.6) is 0 Å². The van der Waals surface area contributed by atoms with Gasteiger partial charge < -0.3 is 4.74 Å². The third kappa shape index (κ3) is 3.94. The summed E-state index contributed by atoms with van der Waals surface area (Å²) >= 11 is 1.39. The zero-order valence-electron chi connectivity index (χ0n) is 13.9. The highest BCUT2D eigenvalue weighted by atomic mass is 32.2. The van der Waals surface area contributed by atoms with E-state index in [1.54, 1.807) is 32.5 Å². The molecule has 25 heavy (non-hydrogen) atoms. The molecule has 3 aromatic heterocycles. The Balaban J connectivity index is 1.67. The number of ether oxygens (including phenoxy) is 1. The van der Waals surface area contributed by atoms with Crippen molar-refractivity contribution in [3.05, 3.63) is 41.7 Å². The molecule has 0 N–H and O–H groups in total. The largest absolute Gasteiger partial charge is 0.464 e. The summed E-state index contributed by atoms with van der Waals surface area (Å²) in [5, 5.41) is 21.3. The Labute approximate surface area is 147 Å². The number of carbonyl (C=O) groups is 1. The predicted octanol–water partition coefficient (Wildman–Crippen LogP) is 0.935. The third-order valence-electron chi connectivity index (χ3n) is 3.21. The number of hydrogen-bond donors (Lipinski definition) is 0. The minimum Gasteiger partial charge on any atom is -0.464 e. The van der Waals surface area contributed by atoms with E-state index in [9.17, 15) is 4.79 Å². The Bertz CT molecular complexity index is 910. The number of nitrogens with zero attached hydrogens (tertiary/aromatic N) is 8. The van der Waals surface area contributed by atoms with Gasteiger partial charge in [0.05, 0.1) is 30.6 Å². The SMILES string of the molecule is COC(=O)c1ccn(CSc2nncn2/N=C\c2cc(C)nn2C)n1. The number of aryl methyl sites for hydroxylation is 2. The van der Waals surface area contributed by atoms with E-state index in [1.807, 2.05) is 20.0 Å². The standard InChI is InChI=1S/C14H16N8O2S/c1-10-6-11(20(2)18-10)7-16-22-8-15-17-14(22)25-9-21-5-4-12(19-21)13(23)24-3/h4-8H,9H2,1-3H3/b16-7-. The van der Waals surface area contributed by atoms with Gasteiger partial charge in [-0.2, -0.15) is 20.0 Å². The average Bonchev–Trinajstić information content (AvgIpc) is 3.30. The van der Waals surface area contributed by atoms with Crippen LogP contribution in [0.15, 0.2) is 34.9 Å². The maximum atomic E-state index is 11.4. The number of carbonyl (C=O) groups excluding carboxylic acids is 1. The van der Waals surface area contributed by atoms with Crippen LogP contribution < -0.4 is 0 Å². The monoisotopic (exact) mass is 360 g/mol. The molecule has 0 aliphatic heterocycles. The smallest absolute Gasteiger partial charge is 0.358 e.